The molecule has 0 unspecified atom stereocenters. The van der Waals surface area contributed by atoms with Crippen LogP contribution in [0, 0.1) is 4.77 Å². The molecule has 3 N–H and O–H groups in total. The third-order valence-electron chi connectivity index (χ3n) is 2.44. The molecule has 0 amide bonds. The zero-order valence-electron chi connectivity index (χ0n) is 8.65. The lowest BCUT2D eigenvalue weighted by atomic mass is 10.2. The predicted molar refractivity (Wildman–Crippen MR) is 67.3 cm³/mol. The molecule has 0 aliphatic rings. The molecule has 1 aromatic carbocycles. The molecule has 0 spiro atoms. The highest BCUT2D eigenvalue weighted by Crippen LogP contribution is 2.16. The summed E-state index contributed by atoms with van der Waals surface area (Å²) in [7, 11) is 0. The summed E-state index contributed by atoms with van der Waals surface area (Å²) in [5.41, 5.74) is 1.52. The zero-order chi connectivity index (χ0) is 11.8. The monoisotopic (exact) mass is 244 g/mol. The number of imidazole rings is 1. The summed E-state index contributed by atoms with van der Waals surface area (Å²) in [6.45, 7) is 0. The van der Waals surface area contributed by atoms with Crippen LogP contribution in [-0.2, 0) is 0 Å². The van der Waals surface area contributed by atoms with E-state index in [0.29, 0.717) is 17.0 Å². The summed E-state index contributed by atoms with van der Waals surface area (Å²) >= 11 is 4.89. The second kappa shape index (κ2) is 3.67. The molecule has 2 aromatic heterocycles. The summed E-state index contributed by atoms with van der Waals surface area (Å²) in [4.78, 5) is 24.3. The maximum absolute atomic E-state index is 11.6. The molecule has 84 valence electrons. The number of rotatable bonds is 1. The van der Waals surface area contributed by atoms with Gasteiger partial charge in [-0.1, -0.05) is 30.3 Å². The van der Waals surface area contributed by atoms with Crippen molar-refractivity contribution in [2.24, 2.45) is 0 Å². The Bertz CT molecular complexity index is 784. The summed E-state index contributed by atoms with van der Waals surface area (Å²) in [6, 6.07) is 9.58. The van der Waals surface area contributed by atoms with Gasteiger partial charge < -0.3 is 9.97 Å². The van der Waals surface area contributed by atoms with E-state index in [4.69, 9.17) is 12.2 Å². The van der Waals surface area contributed by atoms with Crippen LogP contribution < -0.4 is 5.56 Å². The largest absolute Gasteiger partial charge is 0.332 e. The van der Waals surface area contributed by atoms with E-state index in [1.54, 1.807) is 0 Å². The molecule has 3 aromatic rings. The number of hydrogen-bond acceptors (Lipinski definition) is 3. The van der Waals surface area contributed by atoms with E-state index in [1.165, 1.54) is 0 Å². The molecule has 6 heteroatoms. The van der Waals surface area contributed by atoms with Gasteiger partial charge in [0, 0.05) is 5.56 Å². The maximum Gasteiger partial charge on any atom is 0.277 e. The normalized spacial score (nSPS) is 10.8. The van der Waals surface area contributed by atoms with Gasteiger partial charge in [0.25, 0.3) is 5.56 Å². The third kappa shape index (κ3) is 1.68. The number of aromatic amines is 3. The highest BCUT2D eigenvalue weighted by atomic mass is 32.1. The first-order valence-electron chi connectivity index (χ1n) is 5.02. The van der Waals surface area contributed by atoms with E-state index < -0.39 is 0 Å². The van der Waals surface area contributed by atoms with Gasteiger partial charge in [-0.15, -0.1) is 0 Å². The molecular weight excluding hydrogens is 236 g/mol. The first-order chi connectivity index (χ1) is 8.24. The Balaban J connectivity index is 2.31. The van der Waals surface area contributed by atoms with Crippen LogP contribution in [0.5, 0.6) is 0 Å². The highest BCUT2D eigenvalue weighted by Gasteiger charge is 2.07. The lowest BCUT2D eigenvalue weighted by Gasteiger charge is -1.92. The summed E-state index contributed by atoms with van der Waals surface area (Å²) in [6.07, 6.45) is 0. The first kappa shape index (κ1) is 9.98. The van der Waals surface area contributed by atoms with Crippen LogP contribution in [0.4, 0.5) is 0 Å². The fourth-order valence-electron chi connectivity index (χ4n) is 1.67. The Morgan fingerprint density at radius 3 is 2.59 bits per heavy atom. The minimum absolute atomic E-state index is 0.265. The SMILES string of the molecule is O=c1[nH]c(=S)[nH]c2nc(-c3ccccc3)[nH]c12. The van der Waals surface area contributed by atoms with Crippen molar-refractivity contribution in [2.45, 2.75) is 0 Å². The summed E-state index contributed by atoms with van der Waals surface area (Å²) < 4.78 is 0.272. The van der Waals surface area contributed by atoms with Gasteiger partial charge in [0.2, 0.25) is 0 Å². The lowest BCUT2D eigenvalue weighted by Crippen LogP contribution is -2.07. The molecule has 3 rings (SSSR count). The molecule has 0 aliphatic carbocycles. The van der Waals surface area contributed by atoms with Crippen LogP contribution in [0.15, 0.2) is 35.1 Å². The van der Waals surface area contributed by atoms with Gasteiger partial charge in [0.1, 0.15) is 11.3 Å². The van der Waals surface area contributed by atoms with E-state index in [2.05, 4.69) is 19.9 Å². The maximum atomic E-state index is 11.6. The van der Waals surface area contributed by atoms with Crippen molar-refractivity contribution >= 4 is 23.4 Å². The second-order valence-electron chi connectivity index (χ2n) is 3.58. The van der Waals surface area contributed by atoms with Gasteiger partial charge >= 0.3 is 0 Å². The molecule has 2 heterocycles. The van der Waals surface area contributed by atoms with Gasteiger partial charge in [0.15, 0.2) is 10.4 Å². The topological polar surface area (TPSA) is 77.3 Å². The molecule has 0 fully saturated rings. The van der Waals surface area contributed by atoms with Crippen molar-refractivity contribution in [1.29, 1.82) is 0 Å². The van der Waals surface area contributed by atoms with Gasteiger partial charge in [-0.25, -0.2) is 4.98 Å². The van der Waals surface area contributed by atoms with Crippen LogP contribution in [-0.4, -0.2) is 19.9 Å². The number of benzene rings is 1. The van der Waals surface area contributed by atoms with Crippen molar-refractivity contribution in [3.8, 4) is 11.4 Å². The Kier molecular flexibility index (Phi) is 2.15. The lowest BCUT2D eigenvalue weighted by molar-refractivity contribution is 1.12. The minimum atomic E-state index is -0.265. The number of hydrogen-bond donors (Lipinski definition) is 3. The fourth-order valence-corrected chi connectivity index (χ4v) is 1.85. The summed E-state index contributed by atoms with van der Waals surface area (Å²) in [5.74, 6) is 0.642. The molecule has 0 atom stereocenters. The van der Waals surface area contributed by atoms with Crippen LogP contribution in [0.1, 0.15) is 0 Å². The molecule has 0 saturated carbocycles. The van der Waals surface area contributed by atoms with Crippen molar-refractivity contribution in [3.05, 3.63) is 45.5 Å². The molecular formula is C11H8N4OS. The van der Waals surface area contributed by atoms with Crippen LogP contribution in [0.2, 0.25) is 0 Å². The molecule has 0 aliphatic heterocycles. The van der Waals surface area contributed by atoms with Gasteiger partial charge in [-0.3, -0.25) is 9.78 Å². The van der Waals surface area contributed by atoms with E-state index in [0.717, 1.165) is 5.56 Å². The van der Waals surface area contributed by atoms with E-state index in [-0.39, 0.29) is 10.3 Å². The van der Waals surface area contributed by atoms with Gasteiger partial charge in [-0.05, 0) is 12.2 Å². The highest BCUT2D eigenvalue weighted by molar-refractivity contribution is 7.71. The van der Waals surface area contributed by atoms with E-state index >= 15 is 0 Å². The van der Waals surface area contributed by atoms with Gasteiger partial charge in [0.05, 0.1) is 0 Å². The number of nitrogens with one attached hydrogen (secondary N) is 3. The molecule has 17 heavy (non-hydrogen) atoms. The Morgan fingerprint density at radius 1 is 1.06 bits per heavy atom. The average Bonchev–Trinajstić information content (AvgIpc) is 2.74. The number of aromatic nitrogens is 4. The van der Waals surface area contributed by atoms with E-state index in [1.807, 2.05) is 30.3 Å². The first-order valence-corrected chi connectivity index (χ1v) is 5.42. The third-order valence-corrected chi connectivity index (χ3v) is 2.64. The zero-order valence-corrected chi connectivity index (χ0v) is 9.47. The van der Waals surface area contributed by atoms with Crippen LogP contribution >= 0.6 is 12.2 Å². The minimum Gasteiger partial charge on any atom is -0.332 e. The second-order valence-corrected chi connectivity index (χ2v) is 3.99. The Hall–Kier alpha value is -2.21. The van der Waals surface area contributed by atoms with Crippen LogP contribution in [0.3, 0.4) is 0 Å². The standard InChI is InChI=1S/C11H8N4OS/c16-10-7-9(14-11(17)15-10)13-8(12-7)6-4-2-1-3-5-6/h1-5H,(H3,12,13,14,15,16,17). The predicted octanol–water partition coefficient (Wildman–Crippen LogP) is 1.98. The van der Waals surface area contributed by atoms with Crippen molar-refractivity contribution < 1.29 is 0 Å². The number of fused-ring (bicyclic) bond motifs is 1. The number of nitrogens with zero attached hydrogens (tertiary/aromatic N) is 1. The van der Waals surface area contributed by atoms with E-state index in [9.17, 15) is 4.79 Å². The quantitative estimate of drug-likeness (QED) is 0.573. The Morgan fingerprint density at radius 2 is 1.82 bits per heavy atom. The van der Waals surface area contributed by atoms with Gasteiger partial charge in [-0.2, -0.15) is 0 Å². The number of H-pyrrole nitrogens is 3. The average molecular weight is 244 g/mol. The van der Waals surface area contributed by atoms with Crippen molar-refractivity contribution in [3.63, 3.8) is 0 Å². The molecule has 0 saturated heterocycles. The molecule has 0 radical (unpaired) electrons. The smallest absolute Gasteiger partial charge is 0.277 e. The Labute approximate surface area is 101 Å². The van der Waals surface area contributed by atoms with Crippen LogP contribution in [0.25, 0.3) is 22.6 Å². The van der Waals surface area contributed by atoms with Crippen molar-refractivity contribution in [2.75, 3.05) is 0 Å². The fraction of sp³-hybridized carbons (Fsp3) is 0. The molecule has 0 bridgehead atoms. The van der Waals surface area contributed by atoms with Crippen molar-refractivity contribution in [1.82, 2.24) is 19.9 Å². The molecule has 5 nitrogen and oxygen atoms in total. The summed E-state index contributed by atoms with van der Waals surface area (Å²) in [5, 5.41) is 0.